The van der Waals surface area contributed by atoms with E-state index in [-0.39, 0.29) is 17.5 Å². The summed E-state index contributed by atoms with van der Waals surface area (Å²) < 4.78 is 36.9. The average molecular weight is 362 g/mol. The number of anilines is 1. The Bertz CT molecular complexity index is 948. The number of halogens is 1. The van der Waals surface area contributed by atoms with Crippen LogP contribution in [-0.4, -0.2) is 37.1 Å². The third kappa shape index (κ3) is 2.79. The van der Waals surface area contributed by atoms with Gasteiger partial charge in [-0.15, -0.1) is 0 Å². The van der Waals surface area contributed by atoms with Crippen molar-refractivity contribution >= 4 is 16.0 Å². The molecular weight excluding hydrogens is 343 g/mol. The largest absolute Gasteiger partial charge is 0.332 e. The molecule has 8 heteroatoms. The van der Waals surface area contributed by atoms with E-state index in [1.54, 1.807) is 6.07 Å². The van der Waals surface area contributed by atoms with Gasteiger partial charge in [0.2, 0.25) is 16.0 Å². The molecular formula is C17H19FN4O2S. The van der Waals surface area contributed by atoms with Crippen LogP contribution in [0.4, 0.5) is 10.3 Å². The lowest BCUT2D eigenvalue weighted by molar-refractivity contribution is 0.210. The van der Waals surface area contributed by atoms with Crippen LogP contribution in [0, 0.1) is 0 Å². The van der Waals surface area contributed by atoms with Crippen molar-refractivity contribution in [2.24, 2.45) is 5.14 Å². The lowest BCUT2D eigenvalue weighted by atomic mass is 10.0. The van der Waals surface area contributed by atoms with Crippen LogP contribution in [-0.2, 0) is 22.9 Å². The molecule has 1 aliphatic carbocycles. The summed E-state index contributed by atoms with van der Waals surface area (Å²) in [6, 6.07) is 6.23. The number of aromatic nitrogens is 2. The van der Waals surface area contributed by atoms with Crippen molar-refractivity contribution in [2.75, 3.05) is 11.4 Å². The van der Waals surface area contributed by atoms with Gasteiger partial charge < -0.3 is 4.90 Å². The SMILES string of the molecule is C[C@H]1[C@H](F)CN1c1nc2c(c(-c3cccc(S(N)(=O)=O)c3)n1)CCC2. The van der Waals surface area contributed by atoms with Gasteiger partial charge in [-0.3, -0.25) is 0 Å². The smallest absolute Gasteiger partial charge is 0.238 e. The van der Waals surface area contributed by atoms with Gasteiger partial charge in [0.25, 0.3) is 0 Å². The second-order valence-electron chi connectivity index (χ2n) is 6.63. The van der Waals surface area contributed by atoms with E-state index in [0.29, 0.717) is 11.5 Å². The fourth-order valence-corrected chi connectivity index (χ4v) is 3.99. The Balaban J connectivity index is 1.83. The molecule has 1 saturated heterocycles. The molecule has 4 rings (SSSR count). The molecule has 2 heterocycles. The minimum atomic E-state index is -3.79. The number of alkyl halides is 1. The number of sulfonamides is 1. The van der Waals surface area contributed by atoms with Crippen LogP contribution in [0.3, 0.4) is 0 Å². The van der Waals surface area contributed by atoms with Crippen molar-refractivity contribution in [3.05, 3.63) is 35.5 Å². The first-order chi connectivity index (χ1) is 11.8. The topological polar surface area (TPSA) is 89.2 Å². The quantitative estimate of drug-likeness (QED) is 0.900. The van der Waals surface area contributed by atoms with E-state index in [4.69, 9.17) is 5.14 Å². The Hall–Kier alpha value is -2.06. The van der Waals surface area contributed by atoms with E-state index in [9.17, 15) is 12.8 Å². The molecule has 0 radical (unpaired) electrons. The maximum atomic E-state index is 13.6. The van der Waals surface area contributed by atoms with Crippen molar-refractivity contribution in [3.8, 4) is 11.3 Å². The number of primary sulfonamides is 1. The second-order valence-corrected chi connectivity index (χ2v) is 8.19. The number of fused-ring (bicyclic) bond motifs is 1. The molecule has 0 amide bonds. The summed E-state index contributed by atoms with van der Waals surface area (Å²) in [4.78, 5) is 11.2. The zero-order valence-electron chi connectivity index (χ0n) is 13.8. The minimum absolute atomic E-state index is 0.0537. The minimum Gasteiger partial charge on any atom is -0.332 e. The number of hydrogen-bond acceptors (Lipinski definition) is 5. The number of hydrogen-bond donors (Lipinski definition) is 1. The van der Waals surface area contributed by atoms with Crippen molar-refractivity contribution in [2.45, 2.75) is 43.3 Å². The number of benzene rings is 1. The third-order valence-electron chi connectivity index (χ3n) is 5.00. The fraction of sp³-hybridized carbons (Fsp3) is 0.412. The molecule has 1 aromatic carbocycles. The zero-order valence-corrected chi connectivity index (χ0v) is 14.6. The van der Waals surface area contributed by atoms with E-state index in [1.165, 1.54) is 12.1 Å². The normalized spacial score (nSPS) is 22.6. The van der Waals surface area contributed by atoms with Crippen molar-refractivity contribution in [1.82, 2.24) is 9.97 Å². The van der Waals surface area contributed by atoms with Gasteiger partial charge in [0.1, 0.15) is 6.17 Å². The highest BCUT2D eigenvalue weighted by atomic mass is 32.2. The maximum Gasteiger partial charge on any atom is 0.238 e. The van der Waals surface area contributed by atoms with Gasteiger partial charge in [-0.2, -0.15) is 0 Å². The zero-order chi connectivity index (χ0) is 17.8. The summed E-state index contributed by atoms with van der Waals surface area (Å²) in [5.41, 5.74) is 3.42. The van der Waals surface area contributed by atoms with Gasteiger partial charge in [-0.25, -0.2) is 27.9 Å². The summed E-state index contributed by atoms with van der Waals surface area (Å²) in [6.07, 6.45) is 1.82. The van der Waals surface area contributed by atoms with Crippen LogP contribution in [0.2, 0.25) is 0 Å². The van der Waals surface area contributed by atoms with E-state index < -0.39 is 16.2 Å². The average Bonchev–Trinajstić information content (AvgIpc) is 3.06. The summed E-state index contributed by atoms with van der Waals surface area (Å²) in [6.45, 7) is 2.10. The fourth-order valence-electron chi connectivity index (χ4n) is 3.43. The molecule has 1 aliphatic heterocycles. The molecule has 25 heavy (non-hydrogen) atoms. The molecule has 2 atom stereocenters. The molecule has 0 bridgehead atoms. The number of rotatable bonds is 3. The summed E-state index contributed by atoms with van der Waals surface area (Å²) in [5, 5.41) is 5.25. The Morgan fingerprint density at radius 2 is 2.08 bits per heavy atom. The lowest BCUT2D eigenvalue weighted by Crippen LogP contribution is -2.57. The highest BCUT2D eigenvalue weighted by Crippen LogP contribution is 2.35. The lowest BCUT2D eigenvalue weighted by Gasteiger charge is -2.42. The predicted octanol–water partition coefficient (Wildman–Crippen LogP) is 1.83. The third-order valence-corrected chi connectivity index (χ3v) is 5.91. The van der Waals surface area contributed by atoms with Gasteiger partial charge in [0.15, 0.2) is 0 Å². The van der Waals surface area contributed by atoms with Crippen LogP contribution >= 0.6 is 0 Å². The van der Waals surface area contributed by atoms with E-state index in [0.717, 1.165) is 36.2 Å². The van der Waals surface area contributed by atoms with Gasteiger partial charge in [-0.05, 0) is 38.3 Å². The van der Waals surface area contributed by atoms with Gasteiger partial charge in [0.05, 0.1) is 23.2 Å². The van der Waals surface area contributed by atoms with Crippen LogP contribution < -0.4 is 10.0 Å². The molecule has 0 unspecified atom stereocenters. The summed E-state index contributed by atoms with van der Waals surface area (Å²) in [7, 11) is -3.79. The van der Waals surface area contributed by atoms with E-state index in [2.05, 4.69) is 9.97 Å². The van der Waals surface area contributed by atoms with Crippen molar-refractivity contribution in [1.29, 1.82) is 0 Å². The van der Waals surface area contributed by atoms with Crippen molar-refractivity contribution < 1.29 is 12.8 Å². The Morgan fingerprint density at radius 3 is 2.76 bits per heavy atom. The maximum absolute atomic E-state index is 13.6. The molecule has 0 saturated carbocycles. The second kappa shape index (κ2) is 5.74. The molecule has 1 aromatic heterocycles. The molecule has 132 valence electrons. The Kier molecular flexibility index (Phi) is 3.77. The monoisotopic (exact) mass is 362 g/mol. The van der Waals surface area contributed by atoms with Gasteiger partial charge in [0, 0.05) is 16.8 Å². The van der Waals surface area contributed by atoms with Crippen LogP contribution in [0.25, 0.3) is 11.3 Å². The number of nitrogens with zero attached hydrogens (tertiary/aromatic N) is 3. The van der Waals surface area contributed by atoms with Gasteiger partial charge in [-0.1, -0.05) is 12.1 Å². The standard InChI is InChI=1S/C17H19FN4O2S/c1-10-14(18)9-22(10)17-20-15-7-3-6-13(15)16(21-17)11-4-2-5-12(8-11)25(19,23)24/h2,4-5,8,10,14H,3,6-7,9H2,1H3,(H2,19,23,24)/t10-,14+/m0/s1. The van der Waals surface area contributed by atoms with Crippen molar-refractivity contribution in [3.63, 3.8) is 0 Å². The summed E-state index contributed by atoms with van der Waals surface area (Å²) in [5.74, 6) is 0.512. The van der Waals surface area contributed by atoms with E-state index in [1.807, 2.05) is 17.9 Å². The van der Waals surface area contributed by atoms with Gasteiger partial charge >= 0.3 is 0 Å². The molecule has 1 fully saturated rings. The predicted molar refractivity (Wildman–Crippen MR) is 92.6 cm³/mol. The molecule has 2 N–H and O–H groups in total. The first-order valence-corrected chi connectivity index (χ1v) is 9.83. The highest BCUT2D eigenvalue weighted by Gasteiger charge is 2.38. The summed E-state index contributed by atoms with van der Waals surface area (Å²) >= 11 is 0. The van der Waals surface area contributed by atoms with Crippen LogP contribution in [0.15, 0.2) is 29.2 Å². The number of aryl methyl sites for hydroxylation is 1. The first kappa shape index (κ1) is 16.4. The Morgan fingerprint density at radius 1 is 1.28 bits per heavy atom. The molecule has 2 aliphatic rings. The van der Waals surface area contributed by atoms with Crippen LogP contribution in [0.1, 0.15) is 24.6 Å². The molecule has 6 nitrogen and oxygen atoms in total. The highest BCUT2D eigenvalue weighted by molar-refractivity contribution is 7.89. The van der Waals surface area contributed by atoms with Crippen LogP contribution in [0.5, 0.6) is 0 Å². The van der Waals surface area contributed by atoms with E-state index >= 15 is 0 Å². The number of nitrogens with two attached hydrogens (primary N) is 1. The first-order valence-electron chi connectivity index (χ1n) is 8.28. The Labute approximate surface area is 145 Å². The molecule has 2 aromatic rings. The molecule has 0 spiro atoms.